The quantitative estimate of drug-likeness (QED) is 0.0457. The number of para-hydroxylation sites is 10. The number of hydrogen-bond donors (Lipinski definition) is 0. The number of imide groups is 2. The van der Waals surface area contributed by atoms with Gasteiger partial charge in [0.25, 0.3) is 23.6 Å². The number of amides is 4. The lowest BCUT2D eigenvalue weighted by Crippen LogP contribution is -2.42. The second kappa shape index (κ2) is 25.8. The summed E-state index contributed by atoms with van der Waals surface area (Å²) in [6.45, 7) is 39.8. The molecule has 0 aromatic heterocycles. The van der Waals surface area contributed by atoms with Crippen molar-refractivity contribution >= 4 is 78.1 Å². The molecule has 2 heterocycles. The molecule has 0 unspecified atom stereocenters. The van der Waals surface area contributed by atoms with Crippen LogP contribution in [0.5, 0.6) is 69.0 Å². The summed E-state index contributed by atoms with van der Waals surface area (Å²) in [4.78, 5) is 69.7. The molecule has 0 N–H and O–H groups in total. The fraction of sp³-hybridized carbons (Fsp3) is 0.318. The Labute approximate surface area is 597 Å². The Morgan fingerprint density at radius 3 is 0.627 bits per heavy atom. The van der Waals surface area contributed by atoms with Crippen LogP contribution in [-0.4, -0.2) is 46.0 Å². The molecule has 0 radical (unpaired) electrons. The van der Waals surface area contributed by atoms with Crippen molar-refractivity contribution in [3.05, 3.63) is 202 Å². The average Bonchev–Trinajstić information content (AvgIpc) is 0.670. The number of anilines is 2. The van der Waals surface area contributed by atoms with Crippen LogP contribution in [0.25, 0.3) is 43.1 Å². The third-order valence-corrected chi connectivity index (χ3v) is 18.0. The lowest BCUT2D eigenvalue weighted by atomic mass is 9.80. The molecule has 11 aromatic carbocycles. The largest absolute Gasteiger partial charge is 0.484 e. The smallest absolute Gasteiger partial charge is 0.266 e. The van der Waals surface area contributed by atoms with E-state index >= 15 is 19.2 Å². The Kier molecular flexibility index (Phi) is 17.7. The highest BCUT2D eigenvalue weighted by Crippen LogP contribution is 2.60. The zero-order valence-corrected chi connectivity index (χ0v) is 62.1. The highest BCUT2D eigenvalue weighted by Gasteiger charge is 2.45. The van der Waals surface area contributed by atoms with Gasteiger partial charge < -0.3 is 37.9 Å². The van der Waals surface area contributed by atoms with Crippen LogP contribution in [0.3, 0.4) is 0 Å². The van der Waals surface area contributed by atoms with E-state index in [1.54, 1.807) is 48.5 Å². The van der Waals surface area contributed by atoms with E-state index in [0.29, 0.717) is 66.7 Å². The van der Waals surface area contributed by atoms with Crippen LogP contribution < -0.4 is 47.7 Å². The van der Waals surface area contributed by atoms with Gasteiger partial charge in [0.1, 0.15) is 45.4 Å². The first-order valence-corrected chi connectivity index (χ1v) is 35.3. The minimum Gasteiger partial charge on any atom is -0.484 e. The third kappa shape index (κ3) is 12.8. The van der Waals surface area contributed by atoms with Crippen molar-refractivity contribution in [2.24, 2.45) is 0 Å². The van der Waals surface area contributed by atoms with Gasteiger partial charge in [0.15, 0.2) is 46.0 Å². The Balaban J connectivity index is 1.31. The van der Waals surface area contributed by atoms with Crippen LogP contribution in [0.2, 0.25) is 0 Å². The Morgan fingerprint density at radius 1 is 0.245 bits per heavy atom. The molecule has 0 bridgehead atoms. The van der Waals surface area contributed by atoms with E-state index in [2.05, 4.69) is 0 Å². The SMILES string of the molecule is CC(C)c1cccc(C(C)C)c1N1C(=O)c2cc(Oc3ccccc3OC(C)(C)C)c3c4c(Oc5ccccc5OC(C)(C)C)cc5c6c(cc(Oc7ccccc7OC(C)(C)C)c(c7c(Oc8ccccc8OC(C)(C)C)cc(c2c37)C1=O)c64)C(=O)N(c1c(C(C)C)cccc1C(C)C)C5=O. The van der Waals surface area contributed by atoms with Crippen LogP contribution in [0.1, 0.15) is 226 Å². The number of rotatable bonds is 18. The molecule has 14 heteroatoms. The van der Waals surface area contributed by atoms with E-state index in [4.69, 9.17) is 37.9 Å². The van der Waals surface area contributed by atoms with Crippen molar-refractivity contribution in [3.8, 4) is 69.0 Å². The maximum Gasteiger partial charge on any atom is 0.266 e. The standard InChI is InChI=1S/C88H90N2O12/c1-47(2)51-31-29-32-52(48(3)4)79(51)89-81(91)55-43-67(95-59-35-21-25-39-63(59)99-85(9,10)11)73-75-69(97-61-37-23-27-41-65(61)101-87(15,16)17)45-57-72-58(84(94)90(83(57)93)80-53(49(5)6)33-30-34-54(80)50(7)8)46-70(98-62-38-24-28-42-66(62)102-88(18,19)20)76(78(72)75)74-68(44-56(82(89)92)71(55)77(73)74)96-60-36-22-26-40-64(60)100-86(12,13)14/h21-50H,1-20H3. The van der Waals surface area contributed by atoms with Crippen molar-refractivity contribution in [1.29, 1.82) is 0 Å². The Bertz CT molecular complexity index is 4600. The number of hydrogen-bond acceptors (Lipinski definition) is 12. The molecule has 11 aromatic rings. The van der Waals surface area contributed by atoms with Gasteiger partial charge in [-0.2, -0.15) is 0 Å². The molecule has 2 aliphatic rings. The predicted octanol–water partition coefficient (Wildman–Crippen LogP) is 23.7. The summed E-state index contributed by atoms with van der Waals surface area (Å²) in [5.41, 5.74) is 1.77. The molecule has 4 amide bonds. The van der Waals surface area contributed by atoms with Crippen molar-refractivity contribution in [3.63, 3.8) is 0 Å². The fourth-order valence-corrected chi connectivity index (χ4v) is 14.0. The van der Waals surface area contributed by atoms with Crippen LogP contribution in [0.4, 0.5) is 11.4 Å². The molecule has 0 atom stereocenters. The lowest BCUT2D eigenvalue weighted by molar-refractivity contribution is 0.0876. The molecule has 0 fully saturated rings. The third-order valence-electron chi connectivity index (χ3n) is 18.0. The van der Waals surface area contributed by atoms with Crippen molar-refractivity contribution in [2.45, 2.75) is 185 Å². The summed E-state index contributed by atoms with van der Waals surface area (Å²) in [5.74, 6) is 0.227. The van der Waals surface area contributed by atoms with Gasteiger partial charge >= 0.3 is 0 Å². The van der Waals surface area contributed by atoms with Gasteiger partial charge in [-0.25, -0.2) is 9.80 Å². The van der Waals surface area contributed by atoms with E-state index in [-0.39, 0.29) is 103 Å². The highest BCUT2D eigenvalue weighted by atomic mass is 16.6. The molecule has 2 aliphatic heterocycles. The molecule has 0 saturated heterocycles. The summed E-state index contributed by atoms with van der Waals surface area (Å²) in [6, 6.07) is 47.9. The molecular weight excluding hydrogens is 1280 g/mol. The minimum atomic E-state index is -0.723. The number of benzene rings is 11. The van der Waals surface area contributed by atoms with Crippen molar-refractivity contribution in [1.82, 2.24) is 0 Å². The summed E-state index contributed by atoms with van der Waals surface area (Å²) in [7, 11) is 0. The van der Waals surface area contributed by atoms with E-state index in [0.717, 1.165) is 22.3 Å². The van der Waals surface area contributed by atoms with Crippen LogP contribution >= 0.6 is 0 Å². The summed E-state index contributed by atoms with van der Waals surface area (Å²) in [5, 5.41) is 2.46. The predicted molar refractivity (Wildman–Crippen MR) is 407 cm³/mol. The van der Waals surface area contributed by atoms with Gasteiger partial charge in [0, 0.05) is 43.1 Å². The molecular formula is C88H90N2O12. The first-order valence-electron chi connectivity index (χ1n) is 35.3. The second-order valence-corrected chi connectivity index (χ2v) is 31.8. The van der Waals surface area contributed by atoms with Crippen molar-refractivity contribution < 1.29 is 57.1 Å². The van der Waals surface area contributed by atoms with E-state index in [9.17, 15) is 0 Å². The van der Waals surface area contributed by atoms with Gasteiger partial charge in [-0.3, -0.25) is 19.2 Å². The van der Waals surface area contributed by atoms with E-state index in [1.165, 1.54) is 9.80 Å². The fourth-order valence-electron chi connectivity index (χ4n) is 14.0. The molecule has 0 spiro atoms. The van der Waals surface area contributed by atoms with Crippen LogP contribution in [-0.2, 0) is 0 Å². The normalized spacial score (nSPS) is 13.7. The van der Waals surface area contributed by atoms with E-state index in [1.807, 2.05) is 248 Å². The first kappa shape index (κ1) is 69.9. The van der Waals surface area contributed by atoms with E-state index < -0.39 is 46.0 Å². The molecule has 524 valence electrons. The topological polar surface area (TPSA) is 149 Å². The monoisotopic (exact) mass is 1370 g/mol. The highest BCUT2D eigenvalue weighted by molar-refractivity contribution is 6.48. The molecule has 14 nitrogen and oxygen atoms in total. The van der Waals surface area contributed by atoms with Gasteiger partial charge in [0.05, 0.1) is 33.6 Å². The van der Waals surface area contributed by atoms with Gasteiger partial charge in [-0.15, -0.1) is 0 Å². The van der Waals surface area contributed by atoms with Gasteiger partial charge in [0.2, 0.25) is 0 Å². The zero-order chi connectivity index (χ0) is 73.1. The van der Waals surface area contributed by atoms with Crippen LogP contribution in [0.15, 0.2) is 158 Å². The summed E-state index contributed by atoms with van der Waals surface area (Å²) < 4.78 is 57.2. The number of ether oxygens (including phenoxy) is 8. The maximum absolute atomic E-state index is 16.8. The molecule has 13 rings (SSSR count). The van der Waals surface area contributed by atoms with Crippen LogP contribution in [0, 0.1) is 0 Å². The zero-order valence-electron chi connectivity index (χ0n) is 62.1. The minimum absolute atomic E-state index is 0.122. The average molecular weight is 1370 g/mol. The molecule has 102 heavy (non-hydrogen) atoms. The lowest BCUT2D eigenvalue weighted by Gasteiger charge is -2.35. The molecule has 0 aliphatic carbocycles. The number of nitrogens with zero attached hydrogens (tertiary/aromatic N) is 2. The van der Waals surface area contributed by atoms with Gasteiger partial charge in [-0.1, -0.05) is 140 Å². The maximum atomic E-state index is 16.8. The first-order chi connectivity index (χ1) is 48.1. The molecule has 0 saturated carbocycles. The van der Waals surface area contributed by atoms with Crippen molar-refractivity contribution in [2.75, 3.05) is 9.80 Å². The number of fused-ring (bicyclic) bond motifs is 2. The summed E-state index contributed by atoms with van der Waals surface area (Å²) in [6.07, 6.45) is 0. The number of carbonyl (C=O) groups is 4. The Morgan fingerprint density at radius 2 is 0.441 bits per heavy atom. The summed E-state index contributed by atoms with van der Waals surface area (Å²) >= 11 is 0. The second-order valence-electron chi connectivity index (χ2n) is 31.8. The van der Waals surface area contributed by atoms with Gasteiger partial charge in [-0.05, 0) is 202 Å². The number of carbonyl (C=O) groups excluding carboxylic acids is 4. The Hall–Kier alpha value is -10.6.